The number of carbonyl (C=O) groups excluding carboxylic acids is 1. The number of amides is 2. The molecule has 0 aliphatic carbocycles. The number of hydrogen-bond donors (Lipinski definition) is 1. The Kier molecular flexibility index (Phi) is 6.13. The van der Waals surface area contributed by atoms with Crippen LogP contribution in [0.1, 0.15) is 28.6 Å². The van der Waals surface area contributed by atoms with Crippen molar-refractivity contribution in [3.63, 3.8) is 0 Å². The Hall–Kier alpha value is -4.49. The zero-order chi connectivity index (χ0) is 26.2. The normalized spacial score (nSPS) is 14.4. The molecule has 8 heteroatoms. The lowest BCUT2D eigenvalue weighted by Crippen LogP contribution is -2.38. The summed E-state index contributed by atoms with van der Waals surface area (Å²) in [5, 5.41) is 8.62. The molecule has 0 spiro atoms. The van der Waals surface area contributed by atoms with Gasteiger partial charge in [0, 0.05) is 16.8 Å². The van der Waals surface area contributed by atoms with E-state index < -0.39 is 0 Å². The number of aromatic nitrogens is 3. The van der Waals surface area contributed by atoms with Crippen molar-refractivity contribution >= 4 is 23.3 Å². The quantitative estimate of drug-likeness (QED) is 0.283. The van der Waals surface area contributed by atoms with Gasteiger partial charge in [-0.25, -0.2) is 9.48 Å². The average molecular weight is 524 g/mol. The molecule has 0 saturated carbocycles. The third-order valence-corrected chi connectivity index (χ3v) is 7.13. The first kappa shape index (κ1) is 23.9. The van der Waals surface area contributed by atoms with Crippen molar-refractivity contribution in [2.75, 3.05) is 12.4 Å². The number of methoxy groups -OCH3 is 1. The van der Waals surface area contributed by atoms with Gasteiger partial charge in [0.25, 0.3) is 0 Å². The molecule has 0 saturated heterocycles. The van der Waals surface area contributed by atoms with Crippen molar-refractivity contribution < 1.29 is 9.53 Å². The number of anilines is 1. The second kappa shape index (κ2) is 9.76. The smallest absolute Gasteiger partial charge is 0.323 e. The summed E-state index contributed by atoms with van der Waals surface area (Å²) in [6.07, 6.45) is 2.03. The largest absolute Gasteiger partial charge is 0.495 e. The highest BCUT2D eigenvalue weighted by molar-refractivity contribution is 6.30. The van der Waals surface area contributed by atoms with Crippen LogP contribution < -0.4 is 10.1 Å². The maximum Gasteiger partial charge on any atom is 0.323 e. The van der Waals surface area contributed by atoms with Crippen molar-refractivity contribution in [3.05, 3.63) is 125 Å². The fraction of sp³-hybridized carbons (Fsp3) is 0.133. The fourth-order valence-corrected chi connectivity index (χ4v) is 5.21. The van der Waals surface area contributed by atoms with Gasteiger partial charge in [-0.2, -0.15) is 5.10 Å². The van der Waals surface area contributed by atoms with Gasteiger partial charge in [0.05, 0.1) is 42.5 Å². The molecule has 6 rings (SSSR count). The van der Waals surface area contributed by atoms with Crippen LogP contribution in [-0.4, -0.2) is 32.4 Å². The first-order valence-corrected chi connectivity index (χ1v) is 12.7. The second-order valence-electron chi connectivity index (χ2n) is 9.15. The van der Waals surface area contributed by atoms with Crippen LogP contribution in [0.4, 0.5) is 10.5 Å². The van der Waals surface area contributed by atoms with Crippen LogP contribution in [-0.2, 0) is 6.54 Å². The minimum absolute atomic E-state index is 0.248. The molecule has 7 nitrogen and oxygen atoms in total. The predicted molar refractivity (Wildman–Crippen MR) is 148 cm³/mol. The van der Waals surface area contributed by atoms with Gasteiger partial charge in [-0.05, 0) is 61.0 Å². The molecule has 190 valence electrons. The van der Waals surface area contributed by atoms with E-state index in [-0.39, 0.29) is 12.1 Å². The highest BCUT2D eigenvalue weighted by Crippen LogP contribution is 2.39. The third-order valence-electron chi connectivity index (χ3n) is 6.88. The summed E-state index contributed by atoms with van der Waals surface area (Å²) in [4.78, 5) is 15.9. The van der Waals surface area contributed by atoms with Crippen LogP contribution in [0.25, 0.3) is 11.5 Å². The molecule has 1 N–H and O–H groups in total. The molecule has 0 unspecified atom stereocenters. The number of ether oxygens (including phenoxy) is 1. The molecule has 38 heavy (non-hydrogen) atoms. The van der Waals surface area contributed by atoms with Crippen LogP contribution in [0, 0.1) is 6.92 Å². The zero-order valence-corrected chi connectivity index (χ0v) is 21.8. The Labute approximate surface area is 225 Å². The molecule has 0 fully saturated rings. The highest BCUT2D eigenvalue weighted by Gasteiger charge is 2.36. The van der Waals surface area contributed by atoms with Crippen molar-refractivity contribution in [2.45, 2.75) is 19.5 Å². The molecule has 1 atom stereocenters. The Morgan fingerprint density at radius 3 is 2.47 bits per heavy atom. The summed E-state index contributed by atoms with van der Waals surface area (Å²) >= 11 is 6.24. The number of aryl methyl sites for hydroxylation is 1. The number of para-hydroxylation sites is 3. The van der Waals surface area contributed by atoms with Gasteiger partial charge >= 0.3 is 6.03 Å². The zero-order valence-electron chi connectivity index (χ0n) is 21.0. The van der Waals surface area contributed by atoms with Crippen LogP contribution in [0.15, 0.2) is 97.2 Å². The fourth-order valence-electron chi connectivity index (χ4n) is 5.08. The summed E-state index contributed by atoms with van der Waals surface area (Å²) in [7, 11) is 1.59. The van der Waals surface area contributed by atoms with Gasteiger partial charge < -0.3 is 19.5 Å². The highest BCUT2D eigenvalue weighted by atomic mass is 35.5. The molecular formula is C30H26ClN5O2. The van der Waals surface area contributed by atoms with Gasteiger partial charge in [0.15, 0.2) is 0 Å². The monoisotopic (exact) mass is 523 g/mol. The van der Waals surface area contributed by atoms with Gasteiger partial charge in [0.2, 0.25) is 0 Å². The molecule has 1 aliphatic rings. The minimum Gasteiger partial charge on any atom is -0.495 e. The van der Waals surface area contributed by atoms with E-state index in [9.17, 15) is 4.79 Å². The summed E-state index contributed by atoms with van der Waals surface area (Å²) < 4.78 is 9.58. The maximum atomic E-state index is 14.1. The molecule has 0 bridgehead atoms. The number of rotatable bonds is 4. The molecule has 5 aromatic rings. The second-order valence-corrected chi connectivity index (χ2v) is 9.59. The van der Waals surface area contributed by atoms with E-state index in [1.165, 1.54) is 0 Å². The van der Waals surface area contributed by atoms with Crippen LogP contribution in [0.3, 0.4) is 0 Å². The number of hydrogen-bond acceptors (Lipinski definition) is 3. The lowest BCUT2D eigenvalue weighted by molar-refractivity contribution is 0.194. The number of nitrogens with one attached hydrogen (secondary N) is 1. The lowest BCUT2D eigenvalue weighted by Gasteiger charge is -2.31. The van der Waals surface area contributed by atoms with E-state index in [2.05, 4.69) is 16.0 Å². The first-order valence-electron chi connectivity index (χ1n) is 12.3. The molecule has 3 aromatic carbocycles. The van der Waals surface area contributed by atoms with Gasteiger partial charge in [-0.15, -0.1) is 0 Å². The summed E-state index contributed by atoms with van der Waals surface area (Å²) in [5.41, 5.74) is 5.27. The average Bonchev–Trinajstić information content (AvgIpc) is 3.50. The van der Waals surface area contributed by atoms with Crippen LogP contribution in [0.5, 0.6) is 5.75 Å². The summed E-state index contributed by atoms with van der Waals surface area (Å²) in [6.45, 7) is 2.34. The molecule has 1 aliphatic heterocycles. The number of benzene rings is 3. The van der Waals surface area contributed by atoms with Crippen LogP contribution >= 0.6 is 11.6 Å². The Morgan fingerprint density at radius 2 is 1.71 bits per heavy atom. The number of nitrogens with zero attached hydrogens (tertiary/aromatic N) is 4. The van der Waals surface area contributed by atoms with Crippen molar-refractivity contribution in [1.82, 2.24) is 19.2 Å². The number of urea groups is 1. The maximum absolute atomic E-state index is 14.1. The molecular weight excluding hydrogens is 498 g/mol. The van der Waals surface area contributed by atoms with E-state index in [1.54, 1.807) is 7.11 Å². The Morgan fingerprint density at radius 1 is 0.974 bits per heavy atom. The SMILES string of the molecule is COc1ccccc1NC(=O)N1Cc2c(C)nn(-c3ccccc3)c2-n2cccc2[C@H]1c1ccc(Cl)cc1. The van der Waals surface area contributed by atoms with E-state index in [1.807, 2.05) is 108 Å². The summed E-state index contributed by atoms with van der Waals surface area (Å²) in [6, 6.07) is 28.5. The molecule has 3 heterocycles. The topological polar surface area (TPSA) is 64.3 Å². The minimum atomic E-state index is -0.381. The molecule has 2 amide bonds. The standard InChI is InChI=1S/C30H26ClN5O2/c1-20-24-19-35(30(37)32-25-11-6-7-13-27(25)38-2)28(21-14-16-22(31)17-15-21)26-12-8-18-34(26)29(24)36(33-20)23-9-4-3-5-10-23/h3-18,28H,19H2,1-2H3,(H,32,37)/t28-/m1/s1. The van der Waals surface area contributed by atoms with E-state index in [4.69, 9.17) is 21.4 Å². The number of fused-ring (bicyclic) bond motifs is 3. The molecule has 2 aromatic heterocycles. The third kappa shape index (κ3) is 4.11. The van der Waals surface area contributed by atoms with Crippen molar-refractivity contribution in [2.24, 2.45) is 0 Å². The first-order chi connectivity index (χ1) is 18.5. The molecule has 0 radical (unpaired) electrons. The van der Waals surface area contributed by atoms with Crippen molar-refractivity contribution in [3.8, 4) is 17.3 Å². The van der Waals surface area contributed by atoms with Gasteiger partial charge in [-0.1, -0.05) is 54.1 Å². The Bertz CT molecular complexity index is 1610. The van der Waals surface area contributed by atoms with Crippen molar-refractivity contribution in [1.29, 1.82) is 0 Å². The van der Waals surface area contributed by atoms with E-state index in [0.717, 1.165) is 34.0 Å². The predicted octanol–water partition coefficient (Wildman–Crippen LogP) is 6.77. The summed E-state index contributed by atoms with van der Waals surface area (Å²) in [5.74, 6) is 1.51. The number of carbonyl (C=O) groups is 1. The van der Waals surface area contributed by atoms with Gasteiger partial charge in [-0.3, -0.25) is 0 Å². The van der Waals surface area contributed by atoms with E-state index in [0.29, 0.717) is 23.0 Å². The van der Waals surface area contributed by atoms with E-state index >= 15 is 0 Å². The number of halogens is 1. The van der Waals surface area contributed by atoms with Gasteiger partial charge in [0.1, 0.15) is 11.6 Å². The lowest BCUT2D eigenvalue weighted by atomic mass is 10.0. The Balaban J connectivity index is 1.53. The van der Waals surface area contributed by atoms with Crippen LogP contribution in [0.2, 0.25) is 5.02 Å².